The van der Waals surface area contributed by atoms with Crippen molar-refractivity contribution in [3.05, 3.63) is 192 Å². The Bertz CT molecular complexity index is 3230. The second kappa shape index (κ2) is 38.2. The van der Waals surface area contributed by atoms with E-state index in [2.05, 4.69) is 69.2 Å². The summed E-state index contributed by atoms with van der Waals surface area (Å²) in [6.07, 6.45) is 9.15. The van der Waals surface area contributed by atoms with E-state index in [0.717, 1.165) is 111 Å². The number of anilines is 8. The van der Waals surface area contributed by atoms with E-state index in [0.29, 0.717) is 4.90 Å². The van der Waals surface area contributed by atoms with Gasteiger partial charge in [0.15, 0.2) is 25.9 Å². The molecular weight excluding hydrogens is 1130 g/mol. The highest BCUT2D eigenvalue weighted by molar-refractivity contribution is 7.98. The van der Waals surface area contributed by atoms with Crippen LogP contribution < -0.4 is 62.7 Å². The predicted octanol–water partition coefficient (Wildman–Crippen LogP) is 13.9. The summed E-state index contributed by atoms with van der Waals surface area (Å²) in [6, 6.07) is 54.2. The van der Waals surface area contributed by atoms with E-state index in [1.54, 1.807) is 75.3 Å². The van der Waals surface area contributed by atoms with Gasteiger partial charge in [0.05, 0.1) is 32.3 Å². The van der Waals surface area contributed by atoms with Crippen LogP contribution in [0.25, 0.3) is 0 Å². The molecule has 2 heterocycles. The van der Waals surface area contributed by atoms with Gasteiger partial charge in [-0.3, -0.25) is 0 Å². The first-order chi connectivity index (χ1) is 40.2. The second-order valence-electron chi connectivity index (χ2n) is 18.4. The minimum Gasteiger partial charge on any atom is -0.496 e. The van der Waals surface area contributed by atoms with Gasteiger partial charge in [-0.2, -0.15) is 4.55 Å². The number of thioether (sulfide) groups is 2. The van der Waals surface area contributed by atoms with Crippen LogP contribution in [-0.4, -0.2) is 101 Å². The molecule has 2 aliphatic heterocycles. The SMILES string of the molecule is CNc1ccc(OC)c(C)c1.CNc1ccc(S(C)(=O)=O)cc1.CNc1ccc(SC)cc1.CNc1ccc([S+](C)O)cc1.CNc1ccc2c(c1)CCO2.COc1ccc(N)cc1C.CSc1ccc(N)cc1.Nc1ccc2c(c1)CCO2. The smallest absolute Gasteiger partial charge is 0.189 e. The van der Waals surface area contributed by atoms with Gasteiger partial charge in [0.1, 0.15) is 29.3 Å². The van der Waals surface area contributed by atoms with Crippen molar-refractivity contribution in [2.75, 3.05) is 131 Å². The summed E-state index contributed by atoms with van der Waals surface area (Å²) in [6.45, 7) is 5.64. The Hall–Kier alpha value is -7.68. The number of nitrogens with two attached hydrogens (primary N) is 3. The fourth-order valence-electron chi connectivity index (χ4n) is 7.53. The minimum atomic E-state index is -3.06. The van der Waals surface area contributed by atoms with Gasteiger partial charge in [-0.05, 0) is 218 Å². The molecule has 1 atom stereocenters. The first kappa shape index (κ1) is 70.6. The lowest BCUT2D eigenvalue weighted by Gasteiger charge is -2.06. The molecule has 19 heteroatoms. The Kier molecular flexibility index (Phi) is 32.1. The highest BCUT2D eigenvalue weighted by Crippen LogP contribution is 2.29. The Labute approximate surface area is 511 Å². The highest BCUT2D eigenvalue weighted by atomic mass is 32.2. The minimum absolute atomic E-state index is 0.349. The van der Waals surface area contributed by atoms with Gasteiger partial charge in [-0.25, -0.2) is 8.42 Å². The number of rotatable bonds is 11. The monoisotopic (exact) mass is 1220 g/mol. The Balaban J connectivity index is 0.000000252. The molecule has 1 unspecified atom stereocenters. The molecule has 15 nitrogen and oxygen atoms in total. The van der Waals surface area contributed by atoms with Gasteiger partial charge in [-0.15, -0.1) is 23.5 Å². The average molecular weight is 1220 g/mol. The molecule has 8 aromatic carbocycles. The van der Waals surface area contributed by atoms with Crippen LogP contribution in [0.2, 0.25) is 0 Å². The summed E-state index contributed by atoms with van der Waals surface area (Å²) >= 11 is 2.87. The lowest BCUT2D eigenvalue weighted by molar-refractivity contribution is 0.356. The molecule has 0 spiro atoms. The molecule has 10 rings (SSSR count). The van der Waals surface area contributed by atoms with Crippen LogP contribution in [0.1, 0.15) is 22.3 Å². The van der Waals surface area contributed by atoms with Crippen LogP contribution in [0.15, 0.2) is 189 Å². The Morgan fingerprint density at radius 3 is 1.27 bits per heavy atom. The maximum atomic E-state index is 11.0. The Morgan fingerprint density at radius 2 is 0.845 bits per heavy atom. The molecule has 0 amide bonds. The zero-order chi connectivity index (χ0) is 62.0. The summed E-state index contributed by atoms with van der Waals surface area (Å²) in [4.78, 5) is 3.88. The largest absolute Gasteiger partial charge is 0.496 e. The number of fused-ring (bicyclic) bond motifs is 2. The van der Waals surface area contributed by atoms with Crippen molar-refractivity contribution in [2.24, 2.45) is 0 Å². The maximum absolute atomic E-state index is 11.0. The number of hydrogen-bond donors (Lipinski definition) is 9. The molecule has 0 fully saturated rings. The molecule has 0 aromatic heterocycles. The molecule has 0 saturated heterocycles. The summed E-state index contributed by atoms with van der Waals surface area (Å²) < 4.78 is 52.0. The van der Waals surface area contributed by atoms with Gasteiger partial charge in [0.25, 0.3) is 0 Å². The fourth-order valence-corrected chi connectivity index (χ4v) is 9.51. The van der Waals surface area contributed by atoms with Crippen LogP contribution >= 0.6 is 23.5 Å². The second-order valence-corrected chi connectivity index (χ2v) is 23.6. The lowest BCUT2D eigenvalue weighted by Crippen LogP contribution is -1.96. The van der Waals surface area contributed by atoms with E-state index in [9.17, 15) is 13.0 Å². The molecule has 2 aliphatic rings. The number of nitrogen functional groups attached to an aromatic ring is 3. The maximum Gasteiger partial charge on any atom is 0.189 e. The molecule has 84 heavy (non-hydrogen) atoms. The molecule has 0 saturated carbocycles. The van der Waals surface area contributed by atoms with Crippen molar-refractivity contribution >= 4 is 90.0 Å². The van der Waals surface area contributed by atoms with E-state index < -0.39 is 21.0 Å². The normalized spacial score (nSPS) is 11.3. The molecule has 0 aliphatic carbocycles. The zero-order valence-corrected chi connectivity index (χ0v) is 54.0. The third-order valence-electron chi connectivity index (χ3n) is 12.3. The van der Waals surface area contributed by atoms with Gasteiger partial charge in [0.2, 0.25) is 0 Å². The number of sulfone groups is 1. The van der Waals surface area contributed by atoms with Gasteiger partial charge >= 0.3 is 0 Å². The van der Waals surface area contributed by atoms with Crippen molar-refractivity contribution in [3.63, 3.8) is 0 Å². The van der Waals surface area contributed by atoms with Crippen molar-refractivity contribution in [3.8, 4) is 23.0 Å². The lowest BCUT2D eigenvalue weighted by atomic mass is 10.1. The van der Waals surface area contributed by atoms with Gasteiger partial charge in [0, 0.05) is 110 Å². The molecule has 0 bridgehead atoms. The van der Waals surface area contributed by atoms with Crippen molar-refractivity contribution in [1.29, 1.82) is 0 Å². The van der Waals surface area contributed by atoms with Crippen LogP contribution in [0.5, 0.6) is 23.0 Å². The van der Waals surface area contributed by atoms with Crippen LogP contribution in [0.3, 0.4) is 0 Å². The number of aryl methyl sites for hydroxylation is 2. The van der Waals surface area contributed by atoms with Gasteiger partial charge in [-0.1, -0.05) is 0 Å². The number of hydrogen-bond acceptors (Lipinski definition) is 17. The topological polar surface area (TPSA) is 230 Å². The van der Waals surface area contributed by atoms with E-state index in [1.165, 1.54) is 27.2 Å². The standard InChI is InChI=1S/C9H11NO.C9H13NO.C8H11NO2S.C8H12NOS.C8H9NO.C8H11NO.C8H11NS.C7H9NS/c1-10-8-2-3-9-7(6-8)4-5-11-9;1-7-6-8(10-2)4-5-9(7)11-3;1-9-7-3-5-8(6-4-7)12(2,10)11;1-9-7-3-5-8(6-4-7)11(2)10;9-7-1-2-8-6(5-7)3-4-10-8;1-6-5-7(9)3-4-8(6)10-2;1-9-7-3-5-8(10-2)6-4-7;1-9-7-4-2-6(8)3-5-7/h2-3,6,10H,4-5H2,1H3;4-6,10H,1-3H3;3-6,9H,1-2H3;3-6,9-10H,1-2H3;1-2,5H,3-4,9H2;3-5H,9H2,1-2H3;3-6,9H,1-2H3;2-5H,8H2,1H3/q;;;+1;;;;. The third kappa shape index (κ3) is 25.9. The van der Waals surface area contributed by atoms with E-state index >= 15 is 0 Å². The van der Waals surface area contributed by atoms with E-state index in [1.807, 2.05) is 157 Å². The summed E-state index contributed by atoms with van der Waals surface area (Å²) in [5.74, 6) is 3.86. The number of ether oxygens (including phenoxy) is 4. The number of nitrogens with one attached hydrogen (secondary N) is 5. The van der Waals surface area contributed by atoms with Crippen LogP contribution in [-0.2, 0) is 33.9 Å². The molecule has 12 N–H and O–H groups in total. The van der Waals surface area contributed by atoms with Crippen LogP contribution in [0.4, 0.5) is 45.5 Å². The van der Waals surface area contributed by atoms with Crippen LogP contribution in [0, 0.1) is 13.8 Å². The first-order valence-corrected chi connectivity index (χ1v) is 32.7. The van der Waals surface area contributed by atoms with Crippen molar-refractivity contribution < 1.29 is 31.9 Å². The van der Waals surface area contributed by atoms with E-state index in [-0.39, 0.29) is 0 Å². The predicted molar refractivity (Wildman–Crippen MR) is 364 cm³/mol. The highest BCUT2D eigenvalue weighted by Gasteiger charge is 2.13. The fraction of sp³-hybridized carbons (Fsp3) is 0.262. The third-order valence-corrected chi connectivity index (χ3v) is 15.9. The molecular formula is C65H87N8O7S4+. The number of methoxy groups -OCH3 is 2. The quantitative estimate of drug-likeness (QED) is 0.0333. The molecule has 8 aromatic rings. The average Bonchev–Trinajstić information content (AvgIpc) is 4.34. The van der Waals surface area contributed by atoms with E-state index in [4.69, 9.17) is 36.1 Å². The van der Waals surface area contributed by atoms with Crippen molar-refractivity contribution in [1.82, 2.24) is 0 Å². The summed E-state index contributed by atoms with van der Waals surface area (Å²) in [5.41, 5.74) is 29.2. The molecule has 0 radical (unpaired) electrons. The van der Waals surface area contributed by atoms with Crippen molar-refractivity contribution in [2.45, 2.75) is 46.3 Å². The number of benzene rings is 8. The first-order valence-electron chi connectivity index (χ1n) is 26.7. The Morgan fingerprint density at radius 1 is 0.488 bits per heavy atom. The summed E-state index contributed by atoms with van der Waals surface area (Å²) in [7, 11) is 9.70. The van der Waals surface area contributed by atoms with Gasteiger partial charge < -0.3 is 62.7 Å². The summed E-state index contributed by atoms with van der Waals surface area (Å²) in [5, 5.41) is 15.2. The zero-order valence-electron chi connectivity index (χ0n) is 50.8. The molecule has 452 valence electrons.